The van der Waals surface area contributed by atoms with Crippen LogP contribution in [0.15, 0.2) is 12.7 Å². The van der Waals surface area contributed by atoms with E-state index in [-0.39, 0.29) is 5.78 Å². The second kappa shape index (κ2) is 2.52. The molecule has 56 valence electrons. The van der Waals surface area contributed by atoms with Crippen LogP contribution in [0.4, 0.5) is 0 Å². The Morgan fingerprint density at radius 1 is 1.80 bits per heavy atom. The fourth-order valence-corrected chi connectivity index (χ4v) is 0.978. The maximum atomic E-state index is 11.0. The van der Waals surface area contributed by atoms with Crippen molar-refractivity contribution in [1.82, 2.24) is 0 Å². The summed E-state index contributed by atoms with van der Waals surface area (Å²) in [5.74, 6) is -0.120. The average molecular weight is 141 g/mol. The molecule has 0 saturated carbocycles. The third-order valence-corrected chi connectivity index (χ3v) is 1.73. The van der Waals surface area contributed by atoms with Crippen molar-refractivity contribution < 1.29 is 9.53 Å². The van der Waals surface area contributed by atoms with Crippen LogP contribution in [0.3, 0.4) is 0 Å². The molecule has 1 atom stereocenters. The van der Waals surface area contributed by atoms with Crippen LogP contribution in [0.25, 0.3) is 0 Å². The summed E-state index contributed by atoms with van der Waals surface area (Å²) in [6.45, 7) is 4.28. The van der Waals surface area contributed by atoms with Crippen molar-refractivity contribution in [1.29, 1.82) is 0 Å². The highest BCUT2D eigenvalue weighted by atomic mass is 16.5. The Bertz CT molecular complexity index is 159. The van der Waals surface area contributed by atoms with Gasteiger partial charge in [0.25, 0.3) is 0 Å². The monoisotopic (exact) mass is 141 g/mol. The summed E-state index contributed by atoms with van der Waals surface area (Å²) >= 11 is 0. The molecule has 0 amide bonds. The van der Waals surface area contributed by atoms with Crippen LogP contribution in [0.1, 0.15) is 6.42 Å². The van der Waals surface area contributed by atoms with Crippen LogP contribution in [0.5, 0.6) is 0 Å². The number of rotatable bonds is 2. The normalized spacial score (nSPS) is 32.1. The van der Waals surface area contributed by atoms with Crippen LogP contribution in [0.2, 0.25) is 0 Å². The quantitative estimate of drug-likeness (QED) is 0.544. The molecule has 1 unspecified atom stereocenters. The first-order chi connectivity index (χ1) is 4.69. The Hall–Kier alpha value is -0.670. The summed E-state index contributed by atoms with van der Waals surface area (Å²) in [6, 6.07) is 0. The summed E-state index contributed by atoms with van der Waals surface area (Å²) in [6.07, 6.45) is 1.87. The summed E-state index contributed by atoms with van der Waals surface area (Å²) in [7, 11) is 0. The molecule has 1 fully saturated rings. The fraction of sp³-hybridized carbons (Fsp3) is 0.571. The third-order valence-electron chi connectivity index (χ3n) is 1.73. The van der Waals surface area contributed by atoms with Crippen LogP contribution in [0, 0.1) is 0 Å². The molecule has 1 heterocycles. The van der Waals surface area contributed by atoms with E-state index in [0.717, 1.165) is 0 Å². The van der Waals surface area contributed by atoms with Gasteiger partial charge in [0.15, 0.2) is 5.78 Å². The highest BCUT2D eigenvalue weighted by molar-refractivity contribution is 5.97. The number of ketones is 1. The molecular weight excluding hydrogens is 130 g/mol. The van der Waals surface area contributed by atoms with Gasteiger partial charge < -0.3 is 10.5 Å². The minimum Gasteiger partial charge on any atom is -0.379 e. The fourth-order valence-electron chi connectivity index (χ4n) is 0.978. The maximum absolute atomic E-state index is 11.0. The Morgan fingerprint density at radius 3 is 2.90 bits per heavy atom. The van der Waals surface area contributed by atoms with Gasteiger partial charge in [-0.2, -0.15) is 0 Å². The highest BCUT2D eigenvalue weighted by Gasteiger charge is 2.35. The molecule has 1 rings (SSSR count). The molecule has 0 spiro atoms. The molecule has 0 radical (unpaired) electrons. The molecule has 0 bridgehead atoms. The Morgan fingerprint density at radius 2 is 2.50 bits per heavy atom. The van der Waals surface area contributed by atoms with Crippen molar-refractivity contribution in [2.45, 2.75) is 12.0 Å². The van der Waals surface area contributed by atoms with E-state index in [1.54, 1.807) is 0 Å². The van der Waals surface area contributed by atoms with Gasteiger partial charge in [0, 0.05) is 6.61 Å². The molecule has 2 N–H and O–H groups in total. The summed E-state index contributed by atoms with van der Waals surface area (Å²) < 4.78 is 4.99. The van der Waals surface area contributed by atoms with E-state index >= 15 is 0 Å². The summed E-state index contributed by atoms with van der Waals surface area (Å²) in [5.41, 5.74) is 4.89. The first-order valence-electron chi connectivity index (χ1n) is 3.22. The van der Waals surface area contributed by atoms with E-state index in [1.165, 1.54) is 6.08 Å². The van der Waals surface area contributed by atoms with E-state index in [2.05, 4.69) is 6.58 Å². The summed E-state index contributed by atoms with van der Waals surface area (Å²) in [4.78, 5) is 11.0. The van der Waals surface area contributed by atoms with Crippen LogP contribution in [-0.2, 0) is 9.53 Å². The SMILES string of the molecule is C=CC(=O)C1(N)CCOC1. The van der Waals surface area contributed by atoms with Crippen molar-refractivity contribution in [3.05, 3.63) is 12.7 Å². The van der Waals surface area contributed by atoms with E-state index < -0.39 is 5.54 Å². The molecule has 0 aromatic rings. The van der Waals surface area contributed by atoms with Gasteiger partial charge in [-0.05, 0) is 12.5 Å². The Labute approximate surface area is 59.8 Å². The lowest BCUT2D eigenvalue weighted by Crippen LogP contribution is -2.47. The maximum Gasteiger partial charge on any atom is 0.177 e. The van der Waals surface area contributed by atoms with Crippen molar-refractivity contribution in [3.8, 4) is 0 Å². The van der Waals surface area contributed by atoms with Crippen molar-refractivity contribution in [2.24, 2.45) is 5.73 Å². The molecule has 1 aliphatic heterocycles. The predicted molar refractivity (Wildman–Crippen MR) is 37.6 cm³/mol. The topological polar surface area (TPSA) is 52.3 Å². The number of hydrogen-bond acceptors (Lipinski definition) is 3. The Kier molecular flexibility index (Phi) is 1.87. The molecule has 1 saturated heterocycles. The lowest BCUT2D eigenvalue weighted by Gasteiger charge is -2.16. The first-order valence-corrected chi connectivity index (χ1v) is 3.22. The Balaban J connectivity index is 2.66. The number of carbonyl (C=O) groups is 1. The van der Waals surface area contributed by atoms with Crippen LogP contribution in [-0.4, -0.2) is 24.5 Å². The second-order valence-corrected chi connectivity index (χ2v) is 2.53. The van der Waals surface area contributed by atoms with Crippen LogP contribution < -0.4 is 5.73 Å². The largest absolute Gasteiger partial charge is 0.379 e. The van der Waals surface area contributed by atoms with Gasteiger partial charge in [0.1, 0.15) is 5.54 Å². The van der Waals surface area contributed by atoms with Gasteiger partial charge in [-0.1, -0.05) is 6.58 Å². The lowest BCUT2D eigenvalue weighted by atomic mass is 9.95. The predicted octanol–water partition coefficient (Wildman–Crippen LogP) is -0.141. The van der Waals surface area contributed by atoms with Crippen molar-refractivity contribution in [2.75, 3.05) is 13.2 Å². The molecule has 0 aromatic heterocycles. The van der Waals surface area contributed by atoms with Gasteiger partial charge in [0.2, 0.25) is 0 Å². The highest BCUT2D eigenvalue weighted by Crippen LogP contribution is 2.16. The second-order valence-electron chi connectivity index (χ2n) is 2.53. The average Bonchev–Trinajstić information content (AvgIpc) is 2.36. The van der Waals surface area contributed by atoms with Gasteiger partial charge in [-0.3, -0.25) is 4.79 Å². The molecular formula is C7H11NO2. The standard InChI is InChI=1S/C7H11NO2/c1-2-6(9)7(8)3-4-10-5-7/h2H,1,3-5,8H2. The zero-order valence-electron chi connectivity index (χ0n) is 5.80. The molecule has 10 heavy (non-hydrogen) atoms. The van der Waals surface area contributed by atoms with Gasteiger partial charge in [0.05, 0.1) is 6.61 Å². The third kappa shape index (κ3) is 1.10. The van der Waals surface area contributed by atoms with Gasteiger partial charge in [-0.25, -0.2) is 0 Å². The van der Waals surface area contributed by atoms with E-state index in [4.69, 9.17) is 10.5 Å². The smallest absolute Gasteiger partial charge is 0.177 e. The van der Waals surface area contributed by atoms with Gasteiger partial charge >= 0.3 is 0 Å². The molecule has 3 heteroatoms. The minimum atomic E-state index is -0.776. The zero-order chi connectivity index (χ0) is 7.61. The van der Waals surface area contributed by atoms with Crippen molar-refractivity contribution >= 4 is 5.78 Å². The number of ether oxygens (including phenoxy) is 1. The van der Waals surface area contributed by atoms with Crippen molar-refractivity contribution in [3.63, 3.8) is 0 Å². The van der Waals surface area contributed by atoms with E-state index in [0.29, 0.717) is 19.6 Å². The summed E-state index contributed by atoms with van der Waals surface area (Å²) in [5, 5.41) is 0. The van der Waals surface area contributed by atoms with E-state index in [9.17, 15) is 4.79 Å². The number of carbonyl (C=O) groups excluding carboxylic acids is 1. The number of hydrogen-bond donors (Lipinski definition) is 1. The first kappa shape index (κ1) is 7.44. The van der Waals surface area contributed by atoms with Gasteiger partial charge in [-0.15, -0.1) is 0 Å². The lowest BCUT2D eigenvalue weighted by molar-refractivity contribution is -0.119. The van der Waals surface area contributed by atoms with E-state index in [1.807, 2.05) is 0 Å². The molecule has 0 aromatic carbocycles. The zero-order valence-corrected chi connectivity index (χ0v) is 5.80. The van der Waals surface area contributed by atoms with Crippen LogP contribution >= 0.6 is 0 Å². The molecule has 1 aliphatic rings. The molecule has 0 aliphatic carbocycles. The number of nitrogens with two attached hydrogens (primary N) is 1. The minimum absolute atomic E-state index is 0.120. The molecule has 3 nitrogen and oxygen atoms in total.